The maximum Gasteiger partial charge on any atom is 0.410 e. The molecule has 0 unspecified atom stereocenters. The number of ether oxygens (including phenoxy) is 1. The van der Waals surface area contributed by atoms with Crippen molar-refractivity contribution in [1.29, 1.82) is 0 Å². The molecule has 1 heterocycles. The number of hydrogen-bond donors (Lipinski definition) is 1. The summed E-state index contributed by atoms with van der Waals surface area (Å²) in [7, 11) is 0. The molecule has 0 atom stereocenters. The third-order valence-electron chi connectivity index (χ3n) is 4.30. The first-order valence-corrected chi connectivity index (χ1v) is 9.27. The van der Waals surface area contributed by atoms with Crippen molar-refractivity contribution in [1.82, 2.24) is 15.1 Å². The Hall–Kier alpha value is -2.57. The summed E-state index contributed by atoms with van der Waals surface area (Å²) in [5.74, 6) is -0.195. The monoisotopic (exact) mass is 375 g/mol. The molecule has 1 N–H and O–H groups in total. The molecule has 7 heteroatoms. The van der Waals surface area contributed by atoms with E-state index in [1.807, 2.05) is 45.9 Å². The van der Waals surface area contributed by atoms with Gasteiger partial charge in [0.1, 0.15) is 5.60 Å². The summed E-state index contributed by atoms with van der Waals surface area (Å²) >= 11 is 0. The zero-order chi connectivity index (χ0) is 20.0. The zero-order valence-electron chi connectivity index (χ0n) is 16.6. The number of rotatable bonds is 4. The maximum absolute atomic E-state index is 12.3. The number of aryl methyl sites for hydroxylation is 1. The normalized spacial score (nSPS) is 14.7. The second-order valence-corrected chi connectivity index (χ2v) is 7.67. The van der Waals surface area contributed by atoms with E-state index in [-0.39, 0.29) is 30.9 Å². The van der Waals surface area contributed by atoms with Crippen LogP contribution in [0.3, 0.4) is 0 Å². The van der Waals surface area contributed by atoms with Gasteiger partial charge in [-0.2, -0.15) is 0 Å². The summed E-state index contributed by atoms with van der Waals surface area (Å²) in [4.78, 5) is 39.9. The lowest BCUT2D eigenvalue weighted by Crippen LogP contribution is -2.52. The fourth-order valence-corrected chi connectivity index (χ4v) is 2.83. The van der Waals surface area contributed by atoms with Crippen LogP contribution in [-0.4, -0.2) is 66.0 Å². The molecule has 1 aliphatic heterocycles. The number of piperazine rings is 1. The van der Waals surface area contributed by atoms with Crippen LogP contribution in [-0.2, 0) is 9.53 Å². The number of hydrogen-bond acceptors (Lipinski definition) is 4. The van der Waals surface area contributed by atoms with Crippen LogP contribution in [0, 0.1) is 6.92 Å². The Kier molecular flexibility index (Phi) is 6.82. The fraction of sp³-hybridized carbons (Fsp3) is 0.550. The molecule has 7 nitrogen and oxygen atoms in total. The first kappa shape index (κ1) is 20.7. The second kappa shape index (κ2) is 8.88. The fourth-order valence-electron chi connectivity index (χ4n) is 2.83. The van der Waals surface area contributed by atoms with Crippen LogP contribution in [0.5, 0.6) is 0 Å². The van der Waals surface area contributed by atoms with E-state index in [9.17, 15) is 14.4 Å². The van der Waals surface area contributed by atoms with Crippen LogP contribution in [0.1, 0.15) is 43.1 Å². The van der Waals surface area contributed by atoms with Gasteiger partial charge in [0, 0.05) is 44.7 Å². The molecular weight excluding hydrogens is 346 g/mol. The molecule has 1 aromatic carbocycles. The number of nitrogens with one attached hydrogen (secondary N) is 1. The minimum Gasteiger partial charge on any atom is -0.444 e. The molecule has 148 valence electrons. The van der Waals surface area contributed by atoms with Crippen molar-refractivity contribution >= 4 is 17.9 Å². The zero-order valence-corrected chi connectivity index (χ0v) is 16.6. The van der Waals surface area contributed by atoms with Crippen molar-refractivity contribution in [2.45, 2.75) is 39.7 Å². The van der Waals surface area contributed by atoms with Crippen molar-refractivity contribution in [3.8, 4) is 0 Å². The van der Waals surface area contributed by atoms with Gasteiger partial charge in [0.2, 0.25) is 5.91 Å². The molecule has 27 heavy (non-hydrogen) atoms. The van der Waals surface area contributed by atoms with E-state index in [2.05, 4.69) is 5.32 Å². The lowest BCUT2D eigenvalue weighted by atomic mass is 10.1. The number of amides is 3. The lowest BCUT2D eigenvalue weighted by molar-refractivity contribution is -0.132. The molecule has 0 bridgehead atoms. The average molecular weight is 375 g/mol. The van der Waals surface area contributed by atoms with Gasteiger partial charge in [-0.1, -0.05) is 18.2 Å². The van der Waals surface area contributed by atoms with Gasteiger partial charge < -0.3 is 19.9 Å². The Morgan fingerprint density at radius 2 is 1.63 bits per heavy atom. The minimum atomic E-state index is -0.528. The summed E-state index contributed by atoms with van der Waals surface area (Å²) in [5, 5.41) is 2.79. The van der Waals surface area contributed by atoms with E-state index in [1.54, 1.807) is 15.9 Å². The van der Waals surface area contributed by atoms with E-state index in [1.165, 1.54) is 0 Å². The molecule has 0 radical (unpaired) electrons. The Bertz CT molecular complexity index is 689. The van der Waals surface area contributed by atoms with Crippen LogP contribution in [0.25, 0.3) is 0 Å². The highest BCUT2D eigenvalue weighted by Gasteiger charge is 2.27. The maximum atomic E-state index is 12.3. The van der Waals surface area contributed by atoms with Gasteiger partial charge in [-0.05, 0) is 39.3 Å². The number of nitrogens with zero attached hydrogens (tertiary/aromatic N) is 2. The van der Waals surface area contributed by atoms with Crippen molar-refractivity contribution in [3.63, 3.8) is 0 Å². The first-order valence-electron chi connectivity index (χ1n) is 9.27. The smallest absolute Gasteiger partial charge is 0.410 e. The highest BCUT2D eigenvalue weighted by atomic mass is 16.6. The largest absolute Gasteiger partial charge is 0.444 e. The van der Waals surface area contributed by atoms with Gasteiger partial charge in [0.15, 0.2) is 0 Å². The van der Waals surface area contributed by atoms with Gasteiger partial charge in [-0.3, -0.25) is 9.59 Å². The van der Waals surface area contributed by atoms with Crippen molar-refractivity contribution < 1.29 is 19.1 Å². The van der Waals surface area contributed by atoms with Crippen LogP contribution >= 0.6 is 0 Å². The highest BCUT2D eigenvalue weighted by Crippen LogP contribution is 2.12. The van der Waals surface area contributed by atoms with Gasteiger partial charge in [0.25, 0.3) is 5.91 Å². The van der Waals surface area contributed by atoms with E-state index < -0.39 is 5.60 Å². The summed E-state index contributed by atoms with van der Waals surface area (Å²) in [6.07, 6.45) is -0.107. The van der Waals surface area contributed by atoms with Crippen molar-refractivity contribution in [2.75, 3.05) is 32.7 Å². The van der Waals surface area contributed by atoms with Gasteiger partial charge >= 0.3 is 6.09 Å². The predicted molar refractivity (Wildman–Crippen MR) is 103 cm³/mol. The topological polar surface area (TPSA) is 79.0 Å². The van der Waals surface area contributed by atoms with Gasteiger partial charge in [-0.25, -0.2) is 4.79 Å². The lowest BCUT2D eigenvalue weighted by Gasteiger charge is -2.35. The molecule has 0 aliphatic carbocycles. The summed E-state index contributed by atoms with van der Waals surface area (Å²) in [6.45, 7) is 9.52. The summed E-state index contributed by atoms with van der Waals surface area (Å²) in [5.41, 5.74) is 0.995. The summed E-state index contributed by atoms with van der Waals surface area (Å²) < 4.78 is 5.35. The van der Waals surface area contributed by atoms with E-state index in [4.69, 9.17) is 4.74 Å². The molecule has 0 aromatic heterocycles. The van der Waals surface area contributed by atoms with Gasteiger partial charge in [-0.15, -0.1) is 0 Å². The second-order valence-electron chi connectivity index (χ2n) is 7.67. The molecule has 1 fully saturated rings. The minimum absolute atomic E-state index is 0.0241. The van der Waals surface area contributed by atoms with E-state index in [0.29, 0.717) is 31.7 Å². The molecule has 3 amide bonds. The highest BCUT2D eigenvalue weighted by molar-refractivity contribution is 5.95. The molecule has 1 saturated heterocycles. The van der Waals surface area contributed by atoms with Crippen molar-refractivity contribution in [3.05, 3.63) is 35.4 Å². The molecule has 0 saturated carbocycles. The Morgan fingerprint density at radius 3 is 2.22 bits per heavy atom. The molecule has 2 rings (SSSR count). The molecule has 1 aromatic rings. The molecule has 0 spiro atoms. The van der Waals surface area contributed by atoms with E-state index in [0.717, 1.165) is 5.56 Å². The molecular formula is C20H29N3O4. The predicted octanol–water partition coefficient (Wildman–Crippen LogP) is 2.19. The first-order chi connectivity index (χ1) is 12.7. The standard InChI is InChI=1S/C20H29N3O4/c1-15-7-5-6-8-16(15)18(25)21-10-9-17(24)22-11-13-23(14-12-22)19(26)27-20(2,3)4/h5-8H,9-14H2,1-4H3,(H,21,25). The third kappa shape index (κ3) is 6.27. The van der Waals surface area contributed by atoms with E-state index >= 15 is 0 Å². The average Bonchev–Trinajstić information content (AvgIpc) is 2.60. The van der Waals surface area contributed by atoms with Gasteiger partial charge in [0.05, 0.1) is 0 Å². The quantitative estimate of drug-likeness (QED) is 0.875. The SMILES string of the molecule is Cc1ccccc1C(=O)NCCC(=O)N1CCN(C(=O)OC(C)(C)C)CC1. The molecule has 1 aliphatic rings. The number of carbonyl (C=O) groups is 3. The number of carbonyl (C=O) groups excluding carboxylic acids is 3. The van der Waals surface area contributed by atoms with Crippen LogP contribution < -0.4 is 5.32 Å². The Balaban J connectivity index is 1.73. The van der Waals surface area contributed by atoms with Crippen LogP contribution in [0.4, 0.5) is 4.79 Å². The Labute approximate surface area is 160 Å². The van der Waals surface area contributed by atoms with Crippen molar-refractivity contribution in [2.24, 2.45) is 0 Å². The van der Waals surface area contributed by atoms with Crippen LogP contribution in [0.2, 0.25) is 0 Å². The number of benzene rings is 1. The third-order valence-corrected chi connectivity index (χ3v) is 4.30. The summed E-state index contributed by atoms with van der Waals surface area (Å²) in [6, 6.07) is 7.34. The van der Waals surface area contributed by atoms with Crippen LogP contribution in [0.15, 0.2) is 24.3 Å². The Morgan fingerprint density at radius 1 is 1.04 bits per heavy atom.